The zero-order valence-corrected chi connectivity index (χ0v) is 9.44. The Bertz CT molecular complexity index is 153. The summed E-state index contributed by atoms with van der Waals surface area (Å²) in [6.07, 6.45) is -1.99. The number of hydrogen-bond acceptors (Lipinski definition) is 3. The summed E-state index contributed by atoms with van der Waals surface area (Å²) in [5.41, 5.74) is 0. The number of hydrogen-bond donors (Lipinski definition) is 3. The molecule has 0 unspecified atom stereocenters. The van der Waals surface area contributed by atoms with Gasteiger partial charge in [-0.2, -0.15) is 0 Å². The average molecular weight is 210 g/mol. The Hall–Kier alpha value is 1.45. The molecule has 0 heterocycles. The molecule has 0 saturated heterocycles. The molecule has 0 aliphatic rings. The van der Waals surface area contributed by atoms with E-state index in [4.69, 9.17) is 14.9 Å². The van der Waals surface area contributed by atoms with Gasteiger partial charge < -0.3 is 15.3 Å². The Kier molecular flexibility index (Phi) is 12.5. The fourth-order valence-electron chi connectivity index (χ4n) is 0.102. The van der Waals surface area contributed by atoms with Crippen molar-refractivity contribution < 1.29 is 34.5 Å². The monoisotopic (exact) mass is 210 g/mol. The fraction of sp³-hybridized carbons (Fsp3) is 0. The first-order chi connectivity index (χ1) is 3.42. The molecule has 0 saturated carbocycles. The average Bonchev–Trinajstić information content (AvgIpc) is 1.21. The molecular weight excluding hydrogens is 203 g/mol. The molecule has 0 amide bonds. The van der Waals surface area contributed by atoms with Crippen molar-refractivity contribution in [3.63, 3.8) is 0 Å². The van der Waals surface area contributed by atoms with Crippen LogP contribution in [0, 0.1) is 0 Å². The van der Waals surface area contributed by atoms with Gasteiger partial charge in [0.15, 0.2) is 0 Å². The van der Waals surface area contributed by atoms with Crippen LogP contribution in [0.15, 0.2) is 0 Å². The van der Waals surface area contributed by atoms with Gasteiger partial charge in [0, 0.05) is 0 Å². The minimum absolute atomic E-state index is 0. The smallest absolute Gasteiger partial charge is 1.00 e. The maximum atomic E-state index is 9.53. The molecule has 0 spiro atoms. The third-order valence-electron chi connectivity index (χ3n) is 0.197. The predicted molar refractivity (Wildman–Crippen MR) is 37.1 cm³/mol. The SMILES string of the molecule is O=C(O)OP(=O)(O)O.[Ca+2].[H-].[H-].[H-].[H-].[Mg+2]. The predicted octanol–water partition coefficient (Wildman–Crippen LogP) is -0.538. The summed E-state index contributed by atoms with van der Waals surface area (Å²) in [7, 11) is -4.82. The Balaban J connectivity index is -0.0000000163. The Morgan fingerprint density at radius 3 is 1.80 bits per heavy atom. The Morgan fingerprint density at radius 1 is 1.50 bits per heavy atom. The third kappa shape index (κ3) is 16.2. The van der Waals surface area contributed by atoms with Crippen molar-refractivity contribution >= 4 is 74.8 Å². The van der Waals surface area contributed by atoms with E-state index in [1.54, 1.807) is 0 Å². The molecule has 56 valence electrons. The quantitative estimate of drug-likeness (QED) is 0.397. The molecule has 0 atom stereocenters. The van der Waals surface area contributed by atoms with E-state index >= 15 is 0 Å². The van der Waals surface area contributed by atoms with Crippen LogP contribution >= 0.6 is 7.82 Å². The summed E-state index contributed by atoms with van der Waals surface area (Å²) in [6, 6.07) is 0. The first-order valence-electron chi connectivity index (χ1n) is 1.40. The summed E-state index contributed by atoms with van der Waals surface area (Å²) in [6.45, 7) is 0. The zero-order chi connectivity index (χ0) is 6.78. The van der Waals surface area contributed by atoms with E-state index < -0.39 is 14.0 Å². The molecule has 10 heavy (non-hydrogen) atoms. The van der Waals surface area contributed by atoms with Gasteiger partial charge in [-0.25, -0.2) is 9.36 Å². The fourth-order valence-corrected chi connectivity index (χ4v) is 0.305. The summed E-state index contributed by atoms with van der Waals surface area (Å²) in [5, 5.41) is 7.53. The standard InChI is InChI=1S/CH3O6P.Ca.Mg.4H/c2-1(3)7-8(4,5)6;;;;;;/h(H,2,3)(H2,4,5,6);;;;;;/q;2*+2;4*-1. The van der Waals surface area contributed by atoms with E-state index in [9.17, 15) is 9.36 Å². The summed E-state index contributed by atoms with van der Waals surface area (Å²) < 4.78 is 12.6. The van der Waals surface area contributed by atoms with Crippen molar-refractivity contribution in [1.82, 2.24) is 0 Å². The van der Waals surface area contributed by atoms with Crippen LogP contribution in [0.5, 0.6) is 0 Å². The summed E-state index contributed by atoms with van der Waals surface area (Å²) >= 11 is 0. The second-order valence-corrected chi connectivity index (χ2v) is 2.01. The van der Waals surface area contributed by atoms with Crippen molar-refractivity contribution in [2.24, 2.45) is 0 Å². The first-order valence-corrected chi connectivity index (χ1v) is 2.93. The Morgan fingerprint density at radius 2 is 1.80 bits per heavy atom. The normalized spacial score (nSPS) is 8.60. The van der Waals surface area contributed by atoms with E-state index in [1.807, 2.05) is 0 Å². The minimum atomic E-state index is -4.82. The van der Waals surface area contributed by atoms with Crippen molar-refractivity contribution in [3.8, 4) is 0 Å². The van der Waals surface area contributed by atoms with Gasteiger partial charge >= 0.3 is 74.8 Å². The maximum absolute atomic E-state index is 9.53. The van der Waals surface area contributed by atoms with Gasteiger partial charge in [-0.1, -0.05) is 0 Å². The van der Waals surface area contributed by atoms with Crippen LogP contribution in [0.1, 0.15) is 5.71 Å². The largest absolute Gasteiger partial charge is 2.00 e. The van der Waals surface area contributed by atoms with E-state index in [2.05, 4.69) is 4.52 Å². The molecule has 0 rings (SSSR count). The van der Waals surface area contributed by atoms with Crippen LogP contribution in [-0.2, 0) is 9.09 Å². The molecule has 0 aromatic heterocycles. The topological polar surface area (TPSA) is 104 Å². The van der Waals surface area contributed by atoms with Crippen molar-refractivity contribution in [3.05, 3.63) is 0 Å². The van der Waals surface area contributed by atoms with E-state index in [-0.39, 0.29) is 66.5 Å². The van der Waals surface area contributed by atoms with Crippen molar-refractivity contribution in [2.75, 3.05) is 0 Å². The van der Waals surface area contributed by atoms with Crippen LogP contribution in [0.4, 0.5) is 4.79 Å². The van der Waals surface area contributed by atoms with Gasteiger partial charge in [0.25, 0.3) is 0 Å². The molecule has 0 radical (unpaired) electrons. The number of phosphoric ester groups is 1. The number of phosphoric acid groups is 1. The van der Waals surface area contributed by atoms with Crippen molar-refractivity contribution in [1.29, 1.82) is 0 Å². The molecule has 6 nitrogen and oxygen atoms in total. The van der Waals surface area contributed by atoms with Crippen LogP contribution in [0.25, 0.3) is 0 Å². The van der Waals surface area contributed by atoms with E-state index in [0.29, 0.717) is 0 Å². The number of carbonyl (C=O) groups is 1. The van der Waals surface area contributed by atoms with Crippen LogP contribution in [0.2, 0.25) is 0 Å². The molecule has 0 aliphatic heterocycles. The zero-order valence-electron chi connectivity index (χ0n) is 8.93. The van der Waals surface area contributed by atoms with Gasteiger partial charge in [0.1, 0.15) is 0 Å². The van der Waals surface area contributed by atoms with Crippen LogP contribution < -0.4 is 0 Å². The minimum Gasteiger partial charge on any atom is -1.00 e. The molecule has 0 fully saturated rings. The summed E-state index contributed by atoms with van der Waals surface area (Å²) in [4.78, 5) is 24.7. The molecule has 0 bridgehead atoms. The van der Waals surface area contributed by atoms with Crippen LogP contribution in [-0.4, -0.2) is 81.8 Å². The second kappa shape index (κ2) is 7.11. The third-order valence-corrected chi connectivity index (χ3v) is 0.591. The molecule has 0 aliphatic carbocycles. The van der Waals surface area contributed by atoms with Gasteiger partial charge in [0.2, 0.25) is 0 Å². The Labute approximate surface area is 108 Å². The molecular formula is CH7CaMgO6P. The van der Waals surface area contributed by atoms with Crippen LogP contribution in [0.3, 0.4) is 0 Å². The first kappa shape index (κ1) is 17.5. The molecule has 3 N–H and O–H groups in total. The summed E-state index contributed by atoms with van der Waals surface area (Å²) in [5.74, 6) is 0. The molecule has 0 aromatic carbocycles. The molecule has 9 heteroatoms. The van der Waals surface area contributed by atoms with E-state index in [1.165, 1.54) is 0 Å². The maximum Gasteiger partial charge on any atom is 2.00 e. The number of rotatable bonds is 1. The number of carboxylic acid groups (broad SMARTS) is 1. The van der Waals surface area contributed by atoms with Gasteiger partial charge in [-0.15, -0.1) is 0 Å². The van der Waals surface area contributed by atoms with Crippen molar-refractivity contribution in [2.45, 2.75) is 0 Å². The van der Waals surface area contributed by atoms with E-state index in [0.717, 1.165) is 0 Å². The van der Waals surface area contributed by atoms with Gasteiger partial charge in [0.05, 0.1) is 0 Å². The molecule has 0 aromatic rings. The van der Waals surface area contributed by atoms with Gasteiger partial charge in [-0.05, 0) is 0 Å². The second-order valence-electron chi connectivity index (χ2n) is 0.848. The van der Waals surface area contributed by atoms with Gasteiger partial charge in [-0.3, -0.25) is 9.79 Å².